The predicted octanol–water partition coefficient (Wildman–Crippen LogP) is 1.76. The van der Waals surface area contributed by atoms with Crippen LogP contribution in [0.25, 0.3) is 0 Å². The highest BCUT2D eigenvalue weighted by Crippen LogP contribution is 2.29. The summed E-state index contributed by atoms with van der Waals surface area (Å²) in [5, 5.41) is 0. The van der Waals surface area contributed by atoms with E-state index >= 15 is 0 Å². The van der Waals surface area contributed by atoms with E-state index in [0.29, 0.717) is 11.9 Å². The van der Waals surface area contributed by atoms with Gasteiger partial charge in [0, 0.05) is 43.2 Å². The first-order valence-corrected chi connectivity index (χ1v) is 6.48. The normalized spacial score (nSPS) is 18.8. The summed E-state index contributed by atoms with van der Waals surface area (Å²) < 4.78 is 0. The number of rotatable bonds is 2. The van der Waals surface area contributed by atoms with E-state index in [-0.39, 0.29) is 0 Å². The van der Waals surface area contributed by atoms with Gasteiger partial charge in [0.15, 0.2) is 0 Å². The molecule has 0 bridgehead atoms. The van der Waals surface area contributed by atoms with Gasteiger partial charge in [-0.25, -0.2) is 4.98 Å². The third-order valence-electron chi connectivity index (χ3n) is 3.53. The molecule has 5 nitrogen and oxygen atoms in total. The van der Waals surface area contributed by atoms with E-state index in [0.717, 1.165) is 31.0 Å². The van der Waals surface area contributed by atoms with Crippen molar-refractivity contribution in [2.45, 2.75) is 19.3 Å². The zero-order valence-corrected chi connectivity index (χ0v) is 11.0. The Bertz CT molecular complexity index is 549. The third-order valence-corrected chi connectivity index (χ3v) is 3.53. The molecule has 0 radical (unpaired) electrons. The van der Waals surface area contributed by atoms with Crippen LogP contribution >= 0.6 is 0 Å². The quantitative estimate of drug-likeness (QED) is 0.885. The number of nitrogen functional groups attached to an aromatic ring is 1. The molecule has 2 aromatic heterocycles. The molecule has 19 heavy (non-hydrogen) atoms. The van der Waals surface area contributed by atoms with Gasteiger partial charge in [-0.05, 0) is 25.0 Å². The Labute approximate surface area is 112 Å². The zero-order valence-electron chi connectivity index (χ0n) is 11.0. The lowest BCUT2D eigenvalue weighted by molar-refractivity contribution is 0.769. The van der Waals surface area contributed by atoms with Crippen LogP contribution in [-0.2, 0) is 0 Å². The molecule has 1 fully saturated rings. The summed E-state index contributed by atoms with van der Waals surface area (Å²) in [6.07, 6.45) is 4.88. The Hall–Kier alpha value is -2.17. The fourth-order valence-corrected chi connectivity index (χ4v) is 2.59. The summed E-state index contributed by atoms with van der Waals surface area (Å²) in [6.45, 7) is 3.90. The van der Waals surface area contributed by atoms with Crippen molar-refractivity contribution in [3.63, 3.8) is 0 Å². The lowest BCUT2D eigenvalue weighted by Gasteiger charge is -2.18. The molecule has 1 aliphatic rings. The summed E-state index contributed by atoms with van der Waals surface area (Å²) in [5.74, 6) is 1.79. The number of nitrogens with two attached hydrogens (primary N) is 1. The molecule has 2 N–H and O–H groups in total. The van der Waals surface area contributed by atoms with Crippen LogP contribution in [0.2, 0.25) is 0 Å². The first-order valence-electron chi connectivity index (χ1n) is 6.48. The molecule has 2 aromatic rings. The number of anilines is 2. The number of nitrogens with zero attached hydrogens (tertiary/aromatic N) is 4. The average Bonchev–Trinajstić information content (AvgIpc) is 2.88. The number of hydrogen-bond donors (Lipinski definition) is 1. The molecule has 5 heteroatoms. The molecule has 1 aliphatic heterocycles. The Kier molecular flexibility index (Phi) is 3.03. The minimum Gasteiger partial charge on any atom is -0.368 e. The van der Waals surface area contributed by atoms with Gasteiger partial charge in [0.05, 0.1) is 0 Å². The van der Waals surface area contributed by atoms with Crippen molar-refractivity contribution in [1.29, 1.82) is 0 Å². The highest BCUT2D eigenvalue weighted by atomic mass is 15.2. The van der Waals surface area contributed by atoms with Crippen LogP contribution in [-0.4, -0.2) is 28.0 Å². The predicted molar refractivity (Wildman–Crippen MR) is 75.0 cm³/mol. The standard InChI is InChI=1S/C14H17N5/c1-10-7-13(18-14(15)17-10)19-6-4-12(9-19)11-3-2-5-16-8-11/h2-3,5,7-8,12H,4,6,9H2,1H3,(H2,15,17,18). The molecule has 1 saturated heterocycles. The lowest BCUT2D eigenvalue weighted by atomic mass is 10.0. The van der Waals surface area contributed by atoms with Gasteiger partial charge in [0.25, 0.3) is 0 Å². The van der Waals surface area contributed by atoms with Gasteiger partial charge in [0.1, 0.15) is 5.82 Å². The second-order valence-electron chi connectivity index (χ2n) is 4.94. The maximum Gasteiger partial charge on any atom is 0.222 e. The van der Waals surface area contributed by atoms with Crippen LogP contribution < -0.4 is 10.6 Å². The molecule has 0 aromatic carbocycles. The van der Waals surface area contributed by atoms with E-state index in [1.54, 1.807) is 0 Å². The second-order valence-corrected chi connectivity index (χ2v) is 4.94. The monoisotopic (exact) mass is 255 g/mol. The first kappa shape index (κ1) is 11.9. The van der Waals surface area contributed by atoms with Crippen molar-refractivity contribution in [1.82, 2.24) is 15.0 Å². The van der Waals surface area contributed by atoms with Gasteiger partial charge in [-0.2, -0.15) is 4.98 Å². The SMILES string of the molecule is Cc1cc(N2CCC(c3cccnc3)C2)nc(N)n1. The van der Waals surface area contributed by atoms with E-state index in [1.165, 1.54) is 5.56 Å². The van der Waals surface area contributed by atoms with Crippen LogP contribution in [0.1, 0.15) is 23.6 Å². The van der Waals surface area contributed by atoms with Gasteiger partial charge in [-0.15, -0.1) is 0 Å². The molecule has 3 rings (SSSR count). The summed E-state index contributed by atoms with van der Waals surface area (Å²) >= 11 is 0. The summed E-state index contributed by atoms with van der Waals surface area (Å²) in [7, 11) is 0. The van der Waals surface area contributed by atoms with Crippen LogP contribution in [0.15, 0.2) is 30.6 Å². The van der Waals surface area contributed by atoms with Crippen LogP contribution in [0.3, 0.4) is 0 Å². The Morgan fingerprint density at radius 1 is 1.37 bits per heavy atom. The molecular formula is C14H17N5. The Morgan fingerprint density at radius 2 is 2.26 bits per heavy atom. The molecule has 1 unspecified atom stereocenters. The van der Waals surface area contributed by atoms with Crippen molar-refractivity contribution in [3.8, 4) is 0 Å². The fourth-order valence-electron chi connectivity index (χ4n) is 2.59. The first-order chi connectivity index (χ1) is 9.22. The molecule has 3 heterocycles. The maximum absolute atomic E-state index is 5.71. The zero-order chi connectivity index (χ0) is 13.2. The van der Waals surface area contributed by atoms with Crippen LogP contribution in [0.4, 0.5) is 11.8 Å². The van der Waals surface area contributed by atoms with Crippen LogP contribution in [0, 0.1) is 6.92 Å². The van der Waals surface area contributed by atoms with E-state index in [9.17, 15) is 0 Å². The second kappa shape index (κ2) is 4.84. The topological polar surface area (TPSA) is 67.9 Å². The van der Waals surface area contributed by atoms with Crippen molar-refractivity contribution in [3.05, 3.63) is 41.9 Å². The van der Waals surface area contributed by atoms with Crippen molar-refractivity contribution < 1.29 is 0 Å². The number of hydrogen-bond acceptors (Lipinski definition) is 5. The molecular weight excluding hydrogens is 238 g/mol. The number of aryl methyl sites for hydroxylation is 1. The van der Waals surface area contributed by atoms with E-state index in [2.05, 4.69) is 25.9 Å². The minimum absolute atomic E-state index is 0.347. The van der Waals surface area contributed by atoms with E-state index in [1.807, 2.05) is 31.5 Å². The molecule has 0 saturated carbocycles. The molecule has 0 aliphatic carbocycles. The Balaban J connectivity index is 1.79. The lowest BCUT2D eigenvalue weighted by Crippen LogP contribution is -2.21. The average molecular weight is 255 g/mol. The minimum atomic E-state index is 0.347. The highest BCUT2D eigenvalue weighted by molar-refractivity contribution is 5.45. The molecule has 0 spiro atoms. The fraction of sp³-hybridized carbons (Fsp3) is 0.357. The largest absolute Gasteiger partial charge is 0.368 e. The smallest absolute Gasteiger partial charge is 0.222 e. The van der Waals surface area contributed by atoms with Gasteiger partial charge in [-0.3, -0.25) is 4.98 Å². The van der Waals surface area contributed by atoms with Gasteiger partial charge >= 0.3 is 0 Å². The number of aromatic nitrogens is 3. The van der Waals surface area contributed by atoms with Gasteiger partial charge < -0.3 is 10.6 Å². The summed E-state index contributed by atoms with van der Waals surface area (Å²) in [5.41, 5.74) is 7.92. The Morgan fingerprint density at radius 3 is 3.00 bits per heavy atom. The van der Waals surface area contributed by atoms with E-state index in [4.69, 9.17) is 5.73 Å². The summed E-state index contributed by atoms with van der Waals surface area (Å²) in [6, 6.07) is 6.12. The van der Waals surface area contributed by atoms with Crippen LogP contribution in [0.5, 0.6) is 0 Å². The van der Waals surface area contributed by atoms with Crippen molar-refractivity contribution in [2.24, 2.45) is 0 Å². The van der Waals surface area contributed by atoms with Gasteiger partial charge in [0.2, 0.25) is 5.95 Å². The third kappa shape index (κ3) is 2.50. The highest BCUT2D eigenvalue weighted by Gasteiger charge is 2.25. The van der Waals surface area contributed by atoms with Crippen molar-refractivity contribution >= 4 is 11.8 Å². The van der Waals surface area contributed by atoms with Gasteiger partial charge in [-0.1, -0.05) is 6.07 Å². The maximum atomic E-state index is 5.71. The molecule has 0 amide bonds. The summed E-state index contributed by atoms with van der Waals surface area (Å²) in [4.78, 5) is 14.9. The molecule has 1 atom stereocenters. The number of pyridine rings is 1. The molecule has 98 valence electrons. The van der Waals surface area contributed by atoms with Crippen molar-refractivity contribution in [2.75, 3.05) is 23.7 Å². The van der Waals surface area contributed by atoms with E-state index < -0.39 is 0 Å².